The molecule has 0 fully saturated rings. The summed E-state index contributed by atoms with van der Waals surface area (Å²) in [6.07, 6.45) is 0.893. The zero-order chi connectivity index (χ0) is 16.7. The molecule has 0 aliphatic rings. The van der Waals surface area contributed by atoms with Gasteiger partial charge in [-0.1, -0.05) is 47.1 Å². The molecule has 2 aromatic rings. The lowest BCUT2D eigenvalue weighted by molar-refractivity contribution is 0.237. The van der Waals surface area contributed by atoms with E-state index in [0.717, 1.165) is 22.2 Å². The van der Waals surface area contributed by atoms with Gasteiger partial charge in [-0.05, 0) is 42.7 Å². The van der Waals surface area contributed by atoms with Crippen LogP contribution in [0.1, 0.15) is 30.0 Å². The van der Waals surface area contributed by atoms with E-state index in [-0.39, 0.29) is 12.6 Å². The van der Waals surface area contributed by atoms with E-state index >= 15 is 0 Å². The Hall–Kier alpha value is -1.36. The minimum Gasteiger partial charge on any atom is -0.489 e. The largest absolute Gasteiger partial charge is 0.489 e. The van der Waals surface area contributed by atoms with Crippen molar-refractivity contribution in [2.75, 3.05) is 6.61 Å². The molecule has 124 valence electrons. The summed E-state index contributed by atoms with van der Waals surface area (Å²) in [5.74, 6) is 0.872. The number of halogens is 1. The molecule has 0 bridgehead atoms. The predicted molar refractivity (Wildman–Crippen MR) is 97.7 cm³/mol. The Morgan fingerprint density at radius 1 is 1.17 bits per heavy atom. The number of rotatable bonds is 8. The fourth-order valence-corrected chi connectivity index (χ4v) is 2.76. The van der Waals surface area contributed by atoms with Crippen LogP contribution in [0.3, 0.4) is 0 Å². The molecule has 0 saturated carbocycles. The van der Waals surface area contributed by atoms with Gasteiger partial charge in [-0.15, -0.1) is 0 Å². The van der Waals surface area contributed by atoms with Crippen LogP contribution in [0.5, 0.6) is 5.75 Å². The Balaban J connectivity index is 2.07. The van der Waals surface area contributed by atoms with Crippen LogP contribution in [0.15, 0.2) is 46.9 Å². The summed E-state index contributed by atoms with van der Waals surface area (Å²) in [6.45, 7) is 5.52. The van der Waals surface area contributed by atoms with Crippen LogP contribution < -0.4 is 10.1 Å². The fraction of sp³-hybridized carbons (Fsp3) is 0.368. The van der Waals surface area contributed by atoms with Crippen molar-refractivity contribution in [1.82, 2.24) is 5.32 Å². The van der Waals surface area contributed by atoms with Gasteiger partial charge in [-0.25, -0.2) is 0 Å². The number of nitrogens with one attached hydrogen (secondary N) is 1. The molecule has 0 aliphatic carbocycles. The number of ether oxygens (including phenoxy) is 1. The van der Waals surface area contributed by atoms with E-state index in [1.807, 2.05) is 24.3 Å². The minimum absolute atomic E-state index is 0.109. The third kappa shape index (κ3) is 5.34. The van der Waals surface area contributed by atoms with Crippen LogP contribution >= 0.6 is 15.9 Å². The van der Waals surface area contributed by atoms with E-state index in [1.54, 1.807) is 0 Å². The molecule has 0 aliphatic heterocycles. The predicted octanol–water partition coefficient (Wildman–Crippen LogP) is 4.20. The maximum atomic E-state index is 9.31. The molecule has 2 rings (SSSR count). The van der Waals surface area contributed by atoms with Crippen LogP contribution in [-0.2, 0) is 13.2 Å². The summed E-state index contributed by atoms with van der Waals surface area (Å²) in [6, 6.07) is 14.4. The molecule has 0 aromatic heterocycles. The lowest BCUT2D eigenvalue weighted by atomic mass is 10.1. The zero-order valence-electron chi connectivity index (χ0n) is 13.7. The van der Waals surface area contributed by atoms with Crippen LogP contribution in [0, 0.1) is 6.92 Å². The van der Waals surface area contributed by atoms with Gasteiger partial charge in [-0.2, -0.15) is 0 Å². The first-order chi connectivity index (χ1) is 11.1. The van der Waals surface area contributed by atoms with Gasteiger partial charge in [0.1, 0.15) is 12.4 Å². The SMILES string of the molecule is CC[C@@H](CO)NCc1cc(Br)ccc1OCc1ccccc1C. The van der Waals surface area contributed by atoms with Gasteiger partial charge < -0.3 is 15.2 Å². The highest BCUT2D eigenvalue weighted by Gasteiger charge is 2.09. The average Bonchev–Trinajstić information content (AvgIpc) is 2.56. The second-order valence-corrected chi connectivity index (χ2v) is 6.55. The van der Waals surface area contributed by atoms with Crippen LogP contribution in [0.25, 0.3) is 0 Å². The molecular weight excluding hydrogens is 354 g/mol. The monoisotopic (exact) mass is 377 g/mol. The first-order valence-corrected chi connectivity index (χ1v) is 8.73. The molecule has 23 heavy (non-hydrogen) atoms. The molecule has 0 saturated heterocycles. The summed E-state index contributed by atoms with van der Waals surface area (Å²) < 4.78 is 7.06. The second-order valence-electron chi connectivity index (χ2n) is 5.64. The molecular formula is C19H24BrNO2. The van der Waals surface area contributed by atoms with Crippen molar-refractivity contribution >= 4 is 15.9 Å². The third-order valence-electron chi connectivity index (χ3n) is 3.96. The third-order valence-corrected chi connectivity index (χ3v) is 4.45. The van der Waals surface area contributed by atoms with Gasteiger partial charge in [0, 0.05) is 22.6 Å². The smallest absolute Gasteiger partial charge is 0.124 e. The Kier molecular flexibility index (Phi) is 7.09. The summed E-state index contributed by atoms with van der Waals surface area (Å²) in [5, 5.41) is 12.7. The highest BCUT2D eigenvalue weighted by molar-refractivity contribution is 9.10. The first kappa shape index (κ1) is 18.0. The first-order valence-electron chi connectivity index (χ1n) is 7.94. The number of aryl methyl sites for hydroxylation is 1. The number of aliphatic hydroxyl groups excluding tert-OH is 1. The Labute approximate surface area is 146 Å². The highest BCUT2D eigenvalue weighted by Crippen LogP contribution is 2.24. The molecule has 0 unspecified atom stereocenters. The van der Waals surface area contributed by atoms with E-state index in [0.29, 0.717) is 13.2 Å². The maximum absolute atomic E-state index is 9.31. The number of benzene rings is 2. The molecule has 3 nitrogen and oxygen atoms in total. The van der Waals surface area contributed by atoms with Gasteiger partial charge >= 0.3 is 0 Å². The highest BCUT2D eigenvalue weighted by atomic mass is 79.9. The lowest BCUT2D eigenvalue weighted by Crippen LogP contribution is -2.31. The maximum Gasteiger partial charge on any atom is 0.124 e. The van der Waals surface area contributed by atoms with E-state index in [9.17, 15) is 5.11 Å². The molecule has 0 amide bonds. The summed E-state index contributed by atoms with van der Waals surface area (Å²) in [5.41, 5.74) is 3.51. The van der Waals surface area contributed by atoms with Gasteiger partial charge in [0.05, 0.1) is 6.61 Å². The van der Waals surface area contributed by atoms with E-state index < -0.39 is 0 Å². The number of aliphatic hydroxyl groups is 1. The summed E-state index contributed by atoms with van der Waals surface area (Å²) in [4.78, 5) is 0. The molecule has 1 atom stereocenters. The van der Waals surface area contributed by atoms with E-state index in [1.165, 1.54) is 11.1 Å². The van der Waals surface area contributed by atoms with Crippen LogP contribution in [0.4, 0.5) is 0 Å². The Morgan fingerprint density at radius 2 is 1.96 bits per heavy atom. The van der Waals surface area contributed by atoms with Crippen molar-refractivity contribution in [3.63, 3.8) is 0 Å². The molecule has 0 spiro atoms. The average molecular weight is 378 g/mol. The van der Waals surface area contributed by atoms with Crippen molar-refractivity contribution in [2.45, 2.75) is 39.5 Å². The van der Waals surface area contributed by atoms with Crippen molar-refractivity contribution in [3.05, 3.63) is 63.6 Å². The summed E-state index contributed by atoms with van der Waals surface area (Å²) >= 11 is 3.51. The quantitative estimate of drug-likeness (QED) is 0.724. The van der Waals surface area contributed by atoms with E-state index in [2.05, 4.69) is 53.3 Å². The van der Waals surface area contributed by atoms with E-state index in [4.69, 9.17) is 4.74 Å². The van der Waals surface area contributed by atoms with Crippen molar-refractivity contribution in [1.29, 1.82) is 0 Å². The topological polar surface area (TPSA) is 41.5 Å². The minimum atomic E-state index is 0.109. The number of hydrogen-bond acceptors (Lipinski definition) is 3. The normalized spacial score (nSPS) is 12.2. The van der Waals surface area contributed by atoms with Gasteiger partial charge in [0.15, 0.2) is 0 Å². The Bertz CT molecular complexity index is 627. The molecule has 0 heterocycles. The fourth-order valence-electron chi connectivity index (χ4n) is 2.35. The Morgan fingerprint density at radius 3 is 2.65 bits per heavy atom. The second kappa shape index (κ2) is 9.06. The number of hydrogen-bond donors (Lipinski definition) is 2. The van der Waals surface area contributed by atoms with Gasteiger partial charge in [0.2, 0.25) is 0 Å². The van der Waals surface area contributed by atoms with Crippen LogP contribution in [0.2, 0.25) is 0 Å². The zero-order valence-corrected chi connectivity index (χ0v) is 15.3. The standard InChI is InChI=1S/C19H24BrNO2/c1-3-18(12-22)21-11-16-10-17(20)8-9-19(16)23-13-15-7-5-4-6-14(15)2/h4-10,18,21-22H,3,11-13H2,1-2H3/t18-/m0/s1. The van der Waals surface area contributed by atoms with Crippen molar-refractivity contribution in [3.8, 4) is 5.75 Å². The molecule has 2 N–H and O–H groups in total. The molecule has 4 heteroatoms. The molecule has 0 radical (unpaired) electrons. The van der Waals surface area contributed by atoms with Gasteiger partial charge in [-0.3, -0.25) is 0 Å². The van der Waals surface area contributed by atoms with Gasteiger partial charge in [0.25, 0.3) is 0 Å². The summed E-state index contributed by atoms with van der Waals surface area (Å²) in [7, 11) is 0. The lowest BCUT2D eigenvalue weighted by Gasteiger charge is -2.17. The van der Waals surface area contributed by atoms with Crippen LogP contribution in [-0.4, -0.2) is 17.8 Å². The molecule has 2 aromatic carbocycles. The van der Waals surface area contributed by atoms with Crippen molar-refractivity contribution in [2.24, 2.45) is 0 Å². The van der Waals surface area contributed by atoms with Crippen molar-refractivity contribution < 1.29 is 9.84 Å².